The van der Waals surface area contributed by atoms with E-state index in [0.29, 0.717) is 21.5 Å². The number of hydrogen-bond acceptors (Lipinski definition) is 12. The van der Waals surface area contributed by atoms with E-state index in [1.807, 2.05) is 0 Å². The molecule has 0 unspecified atom stereocenters. The number of ether oxygens (including phenoxy) is 3. The van der Waals surface area contributed by atoms with E-state index in [1.165, 1.54) is 48.5 Å². The van der Waals surface area contributed by atoms with E-state index in [1.54, 1.807) is 48.5 Å². The average Bonchev–Trinajstić information content (AvgIpc) is 3.22. The molecule has 0 bridgehead atoms. The van der Waals surface area contributed by atoms with Crippen LogP contribution in [0.4, 0.5) is 17.1 Å². The Kier molecular flexibility index (Phi) is 13.6. The van der Waals surface area contributed by atoms with E-state index >= 15 is 0 Å². The number of sulfonamides is 2. The highest BCUT2D eigenvalue weighted by atomic mass is 35.5. The van der Waals surface area contributed by atoms with Gasteiger partial charge in [-0.3, -0.25) is 14.2 Å². The molecule has 0 fully saturated rings. The van der Waals surface area contributed by atoms with Gasteiger partial charge in [0, 0.05) is 34.3 Å². The van der Waals surface area contributed by atoms with Crippen molar-refractivity contribution in [1.29, 1.82) is 0 Å². The Bertz CT molecular complexity index is 2800. The first-order chi connectivity index (χ1) is 29.0. The zero-order valence-electron chi connectivity index (χ0n) is 31.1. The molecule has 6 rings (SSSR count). The lowest BCUT2D eigenvalue weighted by Crippen LogP contribution is -2.17. The Morgan fingerprint density at radius 2 is 1.05 bits per heavy atom. The lowest BCUT2D eigenvalue weighted by molar-refractivity contribution is -0.116. The van der Waals surface area contributed by atoms with Crippen LogP contribution < -0.4 is 29.0 Å². The minimum absolute atomic E-state index is 0.0577. The van der Waals surface area contributed by atoms with Crippen molar-refractivity contribution in [1.82, 2.24) is 9.97 Å². The third-order valence-electron chi connectivity index (χ3n) is 8.17. The van der Waals surface area contributed by atoms with Gasteiger partial charge < -0.3 is 29.7 Å². The van der Waals surface area contributed by atoms with Gasteiger partial charge in [0.15, 0.2) is 0 Å². The minimum Gasteiger partial charge on any atom is -0.494 e. The van der Waals surface area contributed by atoms with Crippen LogP contribution in [0, 0.1) is 0 Å². The van der Waals surface area contributed by atoms with Crippen LogP contribution in [0.25, 0.3) is 0 Å². The molecule has 5 N–H and O–H groups in total. The van der Waals surface area contributed by atoms with Crippen LogP contribution in [0.2, 0.25) is 10.0 Å². The summed E-state index contributed by atoms with van der Waals surface area (Å²) in [7, 11) is -8.58. The summed E-state index contributed by atoms with van der Waals surface area (Å²) >= 11 is 11.7. The number of pyridine rings is 2. The summed E-state index contributed by atoms with van der Waals surface area (Å²) in [5.74, 6) is -2.32. The molecule has 0 saturated heterocycles. The van der Waals surface area contributed by atoms with Gasteiger partial charge in [-0.25, -0.2) is 36.4 Å². The van der Waals surface area contributed by atoms with Crippen LogP contribution in [0.5, 0.6) is 29.0 Å². The Morgan fingerprint density at radius 3 is 1.51 bits per heavy atom. The summed E-state index contributed by atoms with van der Waals surface area (Å²) in [6, 6.07) is 25.2. The van der Waals surface area contributed by atoms with E-state index in [4.69, 9.17) is 37.4 Å². The van der Waals surface area contributed by atoms with Crippen molar-refractivity contribution in [3.63, 3.8) is 0 Å². The van der Waals surface area contributed by atoms with E-state index in [-0.39, 0.29) is 63.8 Å². The standard InChI is InChI=1S/C40H31Cl2N5O12S2/c41-24-3-8-27(9-4-24)58-37-17-13-30(22-43-37)60(53,54)46-34-15-7-26(20-32(34)39(49)50)45-36(48)2-1-19-57-29-12-16-35(33(21-29)40(51)52)47-61(55,56)31-14-18-38(44-23-31)59-28-10-5-25(42)6-11-28/h3-18,20-23,46-47H,1-2,19H2,(H,45,48)(H,49,50)(H,51,52). The van der Waals surface area contributed by atoms with Gasteiger partial charge in [0.05, 0.1) is 41.5 Å². The number of rotatable bonds is 18. The van der Waals surface area contributed by atoms with Gasteiger partial charge in [0.1, 0.15) is 27.0 Å². The smallest absolute Gasteiger partial charge is 0.337 e. The molecule has 314 valence electrons. The molecule has 2 aromatic heterocycles. The number of anilines is 3. The SMILES string of the molecule is O=C(CCCOc1ccc(NS(=O)(=O)c2ccc(Oc3ccc(Cl)cc3)nc2)c(C(=O)O)c1)Nc1ccc(NS(=O)(=O)c2ccc(Oc3ccc(Cl)cc3)nc2)c(C(=O)O)c1. The molecule has 0 atom stereocenters. The van der Waals surface area contributed by atoms with Crippen LogP contribution in [0.1, 0.15) is 33.6 Å². The molecule has 0 aliphatic rings. The van der Waals surface area contributed by atoms with Gasteiger partial charge >= 0.3 is 11.9 Å². The second-order valence-electron chi connectivity index (χ2n) is 12.6. The number of aromatic nitrogens is 2. The van der Waals surface area contributed by atoms with Gasteiger partial charge in [-0.2, -0.15) is 0 Å². The van der Waals surface area contributed by atoms with Crippen LogP contribution in [0.3, 0.4) is 0 Å². The molecule has 0 saturated carbocycles. The maximum absolute atomic E-state index is 13.1. The van der Waals surface area contributed by atoms with Crippen molar-refractivity contribution < 1.29 is 55.6 Å². The predicted octanol–water partition coefficient (Wildman–Crippen LogP) is 8.16. The summed E-state index contributed by atoms with van der Waals surface area (Å²) < 4.78 is 73.6. The van der Waals surface area contributed by atoms with Crippen molar-refractivity contribution in [2.45, 2.75) is 22.6 Å². The first kappa shape index (κ1) is 43.6. The molecule has 17 nitrogen and oxygen atoms in total. The van der Waals surface area contributed by atoms with Crippen LogP contribution in [-0.2, 0) is 24.8 Å². The molecular weight excluding hydrogens is 878 g/mol. The number of carbonyl (C=O) groups excluding carboxylic acids is 1. The minimum atomic E-state index is -4.30. The van der Waals surface area contributed by atoms with E-state index < -0.39 is 49.0 Å². The van der Waals surface area contributed by atoms with Gasteiger partial charge in [0.25, 0.3) is 20.0 Å². The number of carbonyl (C=O) groups is 3. The monoisotopic (exact) mass is 907 g/mol. The number of hydrogen-bond donors (Lipinski definition) is 5. The van der Waals surface area contributed by atoms with Crippen LogP contribution in [-0.4, -0.2) is 61.5 Å². The summed E-state index contributed by atoms with van der Waals surface area (Å²) in [4.78, 5) is 44.3. The number of nitrogens with one attached hydrogen (secondary N) is 3. The summed E-state index contributed by atoms with van der Waals surface area (Å²) in [6.45, 7) is -0.0577. The zero-order valence-corrected chi connectivity index (χ0v) is 34.3. The highest BCUT2D eigenvalue weighted by molar-refractivity contribution is 7.93. The van der Waals surface area contributed by atoms with Gasteiger partial charge in [-0.1, -0.05) is 23.2 Å². The first-order valence-corrected chi connectivity index (χ1v) is 21.3. The number of aromatic carboxylic acids is 2. The fourth-order valence-corrected chi connectivity index (χ4v) is 7.54. The molecule has 0 radical (unpaired) electrons. The van der Waals surface area contributed by atoms with Crippen molar-refractivity contribution >= 4 is 78.2 Å². The number of benzene rings is 4. The van der Waals surface area contributed by atoms with Crippen molar-refractivity contribution in [2.24, 2.45) is 0 Å². The third kappa shape index (κ3) is 11.9. The summed E-state index contributed by atoms with van der Waals surface area (Å²) in [5, 5.41) is 23.2. The van der Waals surface area contributed by atoms with Crippen molar-refractivity contribution in [3.8, 4) is 29.0 Å². The van der Waals surface area contributed by atoms with E-state index in [2.05, 4.69) is 24.7 Å². The molecule has 0 aliphatic carbocycles. The van der Waals surface area contributed by atoms with Crippen LogP contribution >= 0.6 is 23.2 Å². The zero-order chi connectivity index (χ0) is 43.7. The van der Waals surface area contributed by atoms with Gasteiger partial charge in [0.2, 0.25) is 17.7 Å². The molecule has 1 amide bonds. The summed E-state index contributed by atoms with van der Waals surface area (Å²) in [6.07, 6.45) is 2.11. The van der Waals surface area contributed by atoms with Gasteiger partial charge in [-0.15, -0.1) is 0 Å². The predicted molar refractivity (Wildman–Crippen MR) is 223 cm³/mol. The lowest BCUT2D eigenvalue weighted by Gasteiger charge is -2.14. The molecule has 21 heteroatoms. The van der Waals surface area contributed by atoms with Gasteiger partial charge in [-0.05, 0) is 103 Å². The average molecular weight is 909 g/mol. The van der Waals surface area contributed by atoms with E-state index in [9.17, 15) is 41.4 Å². The van der Waals surface area contributed by atoms with E-state index in [0.717, 1.165) is 24.5 Å². The summed E-state index contributed by atoms with van der Waals surface area (Å²) in [5.41, 5.74) is -1.31. The number of halogens is 2. The number of carboxylic acid groups (broad SMARTS) is 2. The molecular formula is C40H31Cl2N5O12S2. The number of nitrogens with zero attached hydrogens (tertiary/aromatic N) is 2. The largest absolute Gasteiger partial charge is 0.494 e. The highest BCUT2D eigenvalue weighted by Gasteiger charge is 2.22. The topological polar surface area (TPSA) is 250 Å². The third-order valence-corrected chi connectivity index (χ3v) is 11.4. The Morgan fingerprint density at radius 1 is 0.590 bits per heavy atom. The second kappa shape index (κ2) is 19.0. The maximum Gasteiger partial charge on any atom is 0.337 e. The Labute approximate surface area is 358 Å². The fourth-order valence-electron chi connectivity index (χ4n) is 5.24. The molecule has 61 heavy (non-hydrogen) atoms. The molecule has 4 aromatic carbocycles. The number of carboxylic acids is 2. The molecule has 0 spiro atoms. The maximum atomic E-state index is 13.1. The second-order valence-corrected chi connectivity index (χ2v) is 16.8. The fraction of sp³-hybridized carbons (Fsp3) is 0.0750. The Hall–Kier alpha value is -6.93. The molecule has 6 aromatic rings. The highest BCUT2D eigenvalue weighted by Crippen LogP contribution is 2.29. The van der Waals surface area contributed by atoms with Crippen LogP contribution in [0.15, 0.2) is 131 Å². The lowest BCUT2D eigenvalue weighted by atomic mass is 10.1. The first-order valence-electron chi connectivity index (χ1n) is 17.6. The number of amides is 1. The van der Waals surface area contributed by atoms with Crippen molar-refractivity contribution in [3.05, 3.63) is 143 Å². The quantitative estimate of drug-likeness (QED) is 0.0511. The van der Waals surface area contributed by atoms with Crippen molar-refractivity contribution in [2.75, 3.05) is 21.4 Å². The molecule has 0 aliphatic heterocycles. The Balaban J connectivity index is 1.00. The molecule has 2 heterocycles. The normalized spacial score (nSPS) is 11.2.